The lowest BCUT2D eigenvalue weighted by molar-refractivity contribution is 0.318. The Labute approximate surface area is 89.8 Å². The summed E-state index contributed by atoms with van der Waals surface area (Å²) in [7, 11) is 0. The van der Waals surface area contributed by atoms with E-state index in [-0.39, 0.29) is 0 Å². The lowest BCUT2D eigenvalue weighted by Crippen LogP contribution is -2.00. The minimum absolute atomic E-state index is 0.408. The molecule has 0 aliphatic heterocycles. The van der Waals surface area contributed by atoms with Crippen LogP contribution < -0.4 is 9.47 Å². The van der Waals surface area contributed by atoms with Crippen molar-refractivity contribution in [2.45, 2.75) is 19.7 Å². The molecule has 0 N–H and O–H groups in total. The van der Waals surface area contributed by atoms with Crippen LogP contribution in [0, 0.1) is 0 Å². The van der Waals surface area contributed by atoms with E-state index in [1.54, 1.807) is 0 Å². The van der Waals surface area contributed by atoms with Gasteiger partial charge in [0.25, 0.3) is 0 Å². The molecule has 78 valence electrons. The van der Waals surface area contributed by atoms with E-state index < -0.39 is 0 Å². The monoisotopic (exact) mass is 214 g/mol. The van der Waals surface area contributed by atoms with Gasteiger partial charge in [0, 0.05) is 0 Å². The van der Waals surface area contributed by atoms with Crippen molar-refractivity contribution in [1.29, 1.82) is 0 Å². The molecule has 0 aliphatic carbocycles. The quantitative estimate of drug-likeness (QED) is 0.701. The zero-order chi connectivity index (χ0) is 10.4. The van der Waals surface area contributed by atoms with Crippen molar-refractivity contribution in [2.75, 3.05) is 13.2 Å². The van der Waals surface area contributed by atoms with Gasteiger partial charge in [0.1, 0.15) is 11.5 Å². The molecule has 0 saturated heterocycles. The molecule has 0 aliphatic rings. The summed E-state index contributed by atoms with van der Waals surface area (Å²) in [5.74, 6) is 2.04. The van der Waals surface area contributed by atoms with Crippen molar-refractivity contribution in [3.05, 3.63) is 23.8 Å². The van der Waals surface area contributed by atoms with E-state index in [0.29, 0.717) is 19.1 Å². The van der Waals surface area contributed by atoms with Crippen LogP contribution in [0.1, 0.15) is 19.4 Å². The Kier molecular flexibility index (Phi) is 4.60. The van der Waals surface area contributed by atoms with Gasteiger partial charge in [-0.2, -0.15) is 0 Å². The van der Waals surface area contributed by atoms with Crippen LogP contribution in [0.5, 0.6) is 11.5 Å². The molecule has 0 radical (unpaired) electrons. The normalized spacial score (nSPS) is 9.93. The summed E-state index contributed by atoms with van der Waals surface area (Å²) < 4.78 is 10.9. The van der Waals surface area contributed by atoms with Crippen LogP contribution in [0.2, 0.25) is 0 Å². The highest BCUT2D eigenvalue weighted by molar-refractivity contribution is 6.17. The van der Waals surface area contributed by atoms with Gasteiger partial charge in [-0.15, -0.1) is 11.6 Å². The van der Waals surface area contributed by atoms with Crippen molar-refractivity contribution in [3.8, 4) is 11.5 Å². The largest absolute Gasteiger partial charge is 0.493 e. The van der Waals surface area contributed by atoms with Gasteiger partial charge in [-0.25, -0.2) is 0 Å². The molecule has 0 bridgehead atoms. The molecule has 0 unspecified atom stereocenters. The Morgan fingerprint density at radius 3 is 1.93 bits per heavy atom. The highest BCUT2D eigenvalue weighted by atomic mass is 35.5. The van der Waals surface area contributed by atoms with Gasteiger partial charge in [-0.3, -0.25) is 0 Å². The standard InChI is InChI=1S/C11H15ClO2/c1-3-13-10-6-5-7-11(14-4-2)9(10)8-12/h5-7H,3-4,8H2,1-2H3. The second-order valence-corrected chi connectivity index (χ2v) is 3.00. The summed E-state index contributed by atoms with van der Waals surface area (Å²) in [6, 6.07) is 5.72. The summed E-state index contributed by atoms with van der Waals surface area (Å²) in [5.41, 5.74) is 0.929. The lowest BCUT2D eigenvalue weighted by atomic mass is 10.2. The van der Waals surface area contributed by atoms with E-state index >= 15 is 0 Å². The van der Waals surface area contributed by atoms with Gasteiger partial charge in [-0.1, -0.05) is 6.07 Å². The van der Waals surface area contributed by atoms with Gasteiger partial charge >= 0.3 is 0 Å². The first kappa shape index (κ1) is 11.2. The minimum atomic E-state index is 0.408. The maximum absolute atomic E-state index is 5.85. The first-order chi connectivity index (χ1) is 6.83. The predicted octanol–water partition coefficient (Wildman–Crippen LogP) is 3.22. The molecule has 0 atom stereocenters. The zero-order valence-electron chi connectivity index (χ0n) is 8.55. The van der Waals surface area contributed by atoms with E-state index in [1.165, 1.54) is 0 Å². The molecule has 0 spiro atoms. The van der Waals surface area contributed by atoms with Crippen molar-refractivity contribution in [2.24, 2.45) is 0 Å². The maximum atomic E-state index is 5.85. The van der Waals surface area contributed by atoms with Crippen molar-refractivity contribution >= 4 is 11.6 Å². The molecule has 0 aromatic heterocycles. The van der Waals surface area contributed by atoms with Crippen LogP contribution in [-0.4, -0.2) is 13.2 Å². The Hall–Kier alpha value is -0.890. The predicted molar refractivity (Wildman–Crippen MR) is 58.3 cm³/mol. The van der Waals surface area contributed by atoms with Crippen LogP contribution in [0.25, 0.3) is 0 Å². The summed E-state index contributed by atoms with van der Waals surface area (Å²) in [6.07, 6.45) is 0. The third kappa shape index (κ3) is 2.55. The number of benzene rings is 1. The Balaban J connectivity index is 2.98. The van der Waals surface area contributed by atoms with Crippen LogP contribution in [0.4, 0.5) is 0 Å². The molecule has 2 nitrogen and oxygen atoms in total. The van der Waals surface area contributed by atoms with Gasteiger partial charge in [-0.05, 0) is 26.0 Å². The van der Waals surface area contributed by atoms with Crippen LogP contribution in [-0.2, 0) is 5.88 Å². The van der Waals surface area contributed by atoms with Gasteiger partial charge in [0.05, 0.1) is 24.7 Å². The number of alkyl halides is 1. The first-order valence-electron chi connectivity index (χ1n) is 4.76. The summed E-state index contributed by atoms with van der Waals surface area (Å²) in [4.78, 5) is 0. The zero-order valence-corrected chi connectivity index (χ0v) is 9.30. The molecule has 0 saturated carbocycles. The molecule has 0 heterocycles. The van der Waals surface area contributed by atoms with E-state index in [4.69, 9.17) is 21.1 Å². The average Bonchev–Trinajstić information content (AvgIpc) is 2.19. The Morgan fingerprint density at radius 2 is 1.57 bits per heavy atom. The van der Waals surface area contributed by atoms with E-state index in [0.717, 1.165) is 17.1 Å². The SMILES string of the molecule is CCOc1cccc(OCC)c1CCl. The molecule has 0 fully saturated rings. The fourth-order valence-corrected chi connectivity index (χ4v) is 1.52. The van der Waals surface area contributed by atoms with Crippen molar-refractivity contribution in [1.82, 2.24) is 0 Å². The smallest absolute Gasteiger partial charge is 0.127 e. The van der Waals surface area contributed by atoms with Crippen LogP contribution in [0.3, 0.4) is 0 Å². The highest BCUT2D eigenvalue weighted by Gasteiger charge is 2.08. The first-order valence-corrected chi connectivity index (χ1v) is 5.30. The number of hydrogen-bond acceptors (Lipinski definition) is 2. The number of hydrogen-bond donors (Lipinski definition) is 0. The van der Waals surface area contributed by atoms with Crippen molar-refractivity contribution in [3.63, 3.8) is 0 Å². The second kappa shape index (κ2) is 5.76. The summed E-state index contributed by atoms with van der Waals surface area (Å²) >= 11 is 5.85. The third-order valence-electron chi connectivity index (χ3n) is 1.82. The van der Waals surface area contributed by atoms with Gasteiger partial charge in [0.2, 0.25) is 0 Å². The fourth-order valence-electron chi connectivity index (χ4n) is 1.26. The van der Waals surface area contributed by atoms with Crippen LogP contribution >= 0.6 is 11.6 Å². The fraction of sp³-hybridized carbons (Fsp3) is 0.455. The van der Waals surface area contributed by atoms with Gasteiger partial charge < -0.3 is 9.47 Å². The molecule has 0 amide bonds. The van der Waals surface area contributed by atoms with Crippen LogP contribution in [0.15, 0.2) is 18.2 Å². The summed E-state index contributed by atoms with van der Waals surface area (Å²) in [6.45, 7) is 5.18. The second-order valence-electron chi connectivity index (χ2n) is 2.73. The van der Waals surface area contributed by atoms with Gasteiger partial charge in [0.15, 0.2) is 0 Å². The number of rotatable bonds is 5. The maximum Gasteiger partial charge on any atom is 0.127 e. The number of halogens is 1. The molecule has 1 aromatic rings. The molecule has 1 rings (SSSR count). The Bertz CT molecular complexity index is 262. The molecular formula is C11H15ClO2. The lowest BCUT2D eigenvalue weighted by Gasteiger charge is -2.12. The summed E-state index contributed by atoms with van der Waals surface area (Å²) in [5, 5.41) is 0. The minimum Gasteiger partial charge on any atom is -0.493 e. The molecule has 14 heavy (non-hydrogen) atoms. The molecular weight excluding hydrogens is 200 g/mol. The topological polar surface area (TPSA) is 18.5 Å². The highest BCUT2D eigenvalue weighted by Crippen LogP contribution is 2.30. The molecule has 3 heteroatoms. The van der Waals surface area contributed by atoms with E-state index in [2.05, 4.69) is 0 Å². The van der Waals surface area contributed by atoms with E-state index in [9.17, 15) is 0 Å². The van der Waals surface area contributed by atoms with Crippen molar-refractivity contribution < 1.29 is 9.47 Å². The Morgan fingerprint density at radius 1 is 1.07 bits per heavy atom. The van der Waals surface area contributed by atoms with E-state index in [1.807, 2.05) is 32.0 Å². The molecule has 1 aromatic carbocycles. The third-order valence-corrected chi connectivity index (χ3v) is 2.09. The number of ether oxygens (including phenoxy) is 2. The average molecular weight is 215 g/mol.